The normalized spacial score (nSPS) is 12.5. The third-order valence-corrected chi connectivity index (χ3v) is 5.65. The largest absolute Gasteiger partial charge is 0.480 e. The summed E-state index contributed by atoms with van der Waals surface area (Å²) in [6.45, 7) is 2.73. The molecule has 0 saturated heterocycles. The Bertz CT molecular complexity index is 450. The fraction of sp³-hybridized carbons (Fsp3) is 0.840. The molecule has 0 saturated carbocycles. The average Bonchev–Trinajstić information content (AvgIpc) is 2.70. The summed E-state index contributed by atoms with van der Waals surface area (Å²) in [6.07, 6.45) is 22.7. The van der Waals surface area contributed by atoms with Crippen LogP contribution in [0.3, 0.4) is 0 Å². The highest BCUT2D eigenvalue weighted by molar-refractivity contribution is 5.75. The van der Waals surface area contributed by atoms with Gasteiger partial charge in [0.05, 0.1) is 0 Å². The quantitative estimate of drug-likeness (QED) is 0.177. The fourth-order valence-electron chi connectivity index (χ4n) is 3.69. The minimum atomic E-state index is -0.778. The maximum Gasteiger partial charge on any atom is 0.320 e. The lowest BCUT2D eigenvalue weighted by molar-refractivity contribution is -0.142. The Balaban J connectivity index is 3.35. The first kappa shape index (κ1) is 28.6. The molecule has 0 fully saturated rings. The van der Waals surface area contributed by atoms with E-state index in [4.69, 9.17) is 5.11 Å². The van der Waals surface area contributed by atoms with Crippen LogP contribution in [0.15, 0.2) is 12.2 Å². The second-order valence-electron chi connectivity index (χ2n) is 8.66. The molecule has 176 valence electrons. The molecule has 0 bridgehead atoms. The number of amides is 1. The predicted octanol–water partition coefficient (Wildman–Crippen LogP) is 5.94. The molecular weight excluding hydrogens is 376 g/mol. The SMILES string of the molecule is C/C=C/CCCCCCCCCCCCCC(=O)NCCCC[C@@H](C(=O)O)N(C)C. The van der Waals surface area contributed by atoms with Crippen LogP contribution in [-0.2, 0) is 9.59 Å². The minimum absolute atomic E-state index is 0.131. The van der Waals surface area contributed by atoms with Crippen LogP contribution in [0.2, 0.25) is 0 Å². The van der Waals surface area contributed by atoms with Crippen LogP contribution >= 0.6 is 0 Å². The molecule has 30 heavy (non-hydrogen) atoms. The first-order valence-electron chi connectivity index (χ1n) is 12.3. The van der Waals surface area contributed by atoms with Gasteiger partial charge in [0.15, 0.2) is 0 Å². The van der Waals surface area contributed by atoms with Gasteiger partial charge in [0, 0.05) is 13.0 Å². The van der Waals surface area contributed by atoms with Crippen LogP contribution in [0.25, 0.3) is 0 Å². The summed E-state index contributed by atoms with van der Waals surface area (Å²) in [5.41, 5.74) is 0. The summed E-state index contributed by atoms with van der Waals surface area (Å²) in [6, 6.07) is -0.436. The van der Waals surface area contributed by atoms with Crippen LogP contribution in [-0.4, -0.2) is 48.6 Å². The van der Waals surface area contributed by atoms with E-state index in [0.29, 0.717) is 19.4 Å². The summed E-state index contributed by atoms with van der Waals surface area (Å²) in [5.74, 6) is -0.647. The topological polar surface area (TPSA) is 69.6 Å². The van der Waals surface area contributed by atoms with Crippen molar-refractivity contribution >= 4 is 11.9 Å². The Morgan fingerprint density at radius 3 is 1.87 bits per heavy atom. The van der Waals surface area contributed by atoms with E-state index in [0.717, 1.165) is 25.7 Å². The molecule has 5 heteroatoms. The first-order valence-corrected chi connectivity index (χ1v) is 12.3. The van der Waals surface area contributed by atoms with Crippen molar-refractivity contribution in [1.29, 1.82) is 0 Å². The lowest BCUT2D eigenvalue weighted by atomic mass is 10.0. The van der Waals surface area contributed by atoms with Crippen molar-refractivity contribution in [3.05, 3.63) is 12.2 Å². The molecule has 0 aliphatic carbocycles. The number of nitrogens with one attached hydrogen (secondary N) is 1. The zero-order chi connectivity index (χ0) is 22.5. The van der Waals surface area contributed by atoms with E-state index in [9.17, 15) is 9.59 Å². The highest BCUT2D eigenvalue weighted by atomic mass is 16.4. The molecular formula is C25H48N2O3. The summed E-state index contributed by atoms with van der Waals surface area (Å²) in [5, 5.41) is 12.1. The van der Waals surface area contributed by atoms with Crippen molar-refractivity contribution in [3.8, 4) is 0 Å². The van der Waals surface area contributed by atoms with E-state index in [1.807, 2.05) is 0 Å². The third kappa shape index (κ3) is 18.7. The van der Waals surface area contributed by atoms with Crippen molar-refractivity contribution in [1.82, 2.24) is 10.2 Å². The van der Waals surface area contributed by atoms with Gasteiger partial charge in [0.2, 0.25) is 5.91 Å². The Hall–Kier alpha value is -1.36. The maximum atomic E-state index is 11.9. The van der Waals surface area contributed by atoms with Gasteiger partial charge in [0.1, 0.15) is 6.04 Å². The summed E-state index contributed by atoms with van der Waals surface area (Å²) < 4.78 is 0. The average molecular weight is 425 g/mol. The van der Waals surface area contributed by atoms with E-state index in [1.165, 1.54) is 64.2 Å². The number of carboxylic acids is 1. The van der Waals surface area contributed by atoms with E-state index in [-0.39, 0.29) is 5.91 Å². The second kappa shape index (κ2) is 20.9. The number of carbonyl (C=O) groups is 2. The highest BCUT2D eigenvalue weighted by Crippen LogP contribution is 2.12. The van der Waals surface area contributed by atoms with Gasteiger partial charge >= 0.3 is 5.97 Å². The summed E-state index contributed by atoms with van der Waals surface area (Å²) in [4.78, 5) is 24.7. The molecule has 0 spiro atoms. The van der Waals surface area contributed by atoms with Crippen LogP contribution in [0.4, 0.5) is 0 Å². The van der Waals surface area contributed by atoms with Gasteiger partial charge in [-0.25, -0.2) is 0 Å². The number of aliphatic carboxylic acids is 1. The Kier molecular flexibility index (Phi) is 19.9. The van der Waals surface area contributed by atoms with Crippen molar-refractivity contribution in [2.24, 2.45) is 0 Å². The van der Waals surface area contributed by atoms with Crippen molar-refractivity contribution in [3.63, 3.8) is 0 Å². The van der Waals surface area contributed by atoms with Gasteiger partial charge in [-0.15, -0.1) is 0 Å². The van der Waals surface area contributed by atoms with E-state index in [1.54, 1.807) is 19.0 Å². The van der Waals surface area contributed by atoms with E-state index in [2.05, 4.69) is 24.4 Å². The number of likely N-dealkylation sites (N-methyl/N-ethyl adjacent to an activating group) is 1. The molecule has 0 aliphatic heterocycles. The Labute approximate surface area is 185 Å². The molecule has 0 radical (unpaired) electrons. The molecule has 2 N–H and O–H groups in total. The van der Waals surface area contributed by atoms with Gasteiger partial charge in [0.25, 0.3) is 0 Å². The van der Waals surface area contributed by atoms with E-state index < -0.39 is 12.0 Å². The fourth-order valence-corrected chi connectivity index (χ4v) is 3.69. The molecule has 0 aliphatic rings. The van der Waals surface area contributed by atoms with Crippen molar-refractivity contribution in [2.45, 2.75) is 116 Å². The standard InChI is InChI=1S/C25H48N2O3/c1-4-5-6-7-8-9-10-11-12-13-14-15-16-17-21-24(28)26-22-19-18-20-23(25(29)30)27(2)3/h4-5,23H,6-22H2,1-3H3,(H,26,28)(H,29,30)/b5-4+/t23-/m0/s1. The number of nitrogens with zero attached hydrogens (tertiary/aromatic N) is 1. The molecule has 1 amide bonds. The van der Waals surface area contributed by atoms with Gasteiger partial charge in [-0.1, -0.05) is 69.9 Å². The highest BCUT2D eigenvalue weighted by Gasteiger charge is 2.18. The Morgan fingerprint density at radius 1 is 0.833 bits per heavy atom. The van der Waals surface area contributed by atoms with Crippen LogP contribution < -0.4 is 5.32 Å². The molecule has 0 aromatic rings. The van der Waals surface area contributed by atoms with Crippen molar-refractivity contribution in [2.75, 3.05) is 20.6 Å². The van der Waals surface area contributed by atoms with Crippen LogP contribution in [0, 0.1) is 0 Å². The maximum absolute atomic E-state index is 11.9. The summed E-state index contributed by atoms with van der Waals surface area (Å²) >= 11 is 0. The molecule has 0 rings (SSSR count). The number of carbonyl (C=O) groups excluding carboxylic acids is 1. The zero-order valence-electron chi connectivity index (χ0n) is 20.0. The number of hydrogen-bond donors (Lipinski definition) is 2. The van der Waals surface area contributed by atoms with Crippen LogP contribution in [0.1, 0.15) is 110 Å². The number of unbranched alkanes of at least 4 members (excludes halogenated alkanes) is 12. The Morgan fingerprint density at radius 2 is 1.37 bits per heavy atom. The minimum Gasteiger partial charge on any atom is -0.480 e. The van der Waals surface area contributed by atoms with Crippen LogP contribution in [0.5, 0.6) is 0 Å². The lowest BCUT2D eigenvalue weighted by Gasteiger charge is -2.19. The summed E-state index contributed by atoms with van der Waals surface area (Å²) in [7, 11) is 3.57. The van der Waals surface area contributed by atoms with Crippen molar-refractivity contribution < 1.29 is 14.7 Å². The molecule has 0 aromatic heterocycles. The van der Waals surface area contributed by atoms with Gasteiger partial charge in [-0.05, 0) is 59.5 Å². The van der Waals surface area contributed by atoms with Gasteiger partial charge in [-0.2, -0.15) is 0 Å². The third-order valence-electron chi connectivity index (χ3n) is 5.65. The smallest absolute Gasteiger partial charge is 0.320 e. The predicted molar refractivity (Wildman–Crippen MR) is 127 cm³/mol. The lowest BCUT2D eigenvalue weighted by Crippen LogP contribution is -2.35. The molecule has 1 atom stereocenters. The van der Waals surface area contributed by atoms with E-state index >= 15 is 0 Å². The zero-order valence-corrected chi connectivity index (χ0v) is 20.0. The number of rotatable bonds is 21. The molecule has 0 aromatic carbocycles. The van der Waals surface area contributed by atoms with Gasteiger partial charge in [-0.3, -0.25) is 14.5 Å². The molecule has 0 heterocycles. The number of carboxylic acid groups (broad SMARTS) is 1. The first-order chi connectivity index (χ1) is 14.5. The number of hydrogen-bond acceptors (Lipinski definition) is 3. The number of allylic oxidation sites excluding steroid dienone is 2. The second-order valence-corrected chi connectivity index (χ2v) is 8.66. The molecule has 0 unspecified atom stereocenters. The molecule has 5 nitrogen and oxygen atoms in total. The monoisotopic (exact) mass is 424 g/mol. The van der Waals surface area contributed by atoms with Gasteiger partial charge < -0.3 is 10.4 Å².